The monoisotopic (exact) mass is 959 g/mol. The van der Waals surface area contributed by atoms with Gasteiger partial charge in [0.1, 0.15) is 11.6 Å². The number of halogens is 5. The molecule has 0 N–H and O–H groups in total. The zero-order valence-electron chi connectivity index (χ0n) is 40.1. The number of rotatable bonds is 7. The third-order valence-corrected chi connectivity index (χ3v) is 14.5. The van der Waals surface area contributed by atoms with Gasteiger partial charge in [-0.2, -0.15) is 5.26 Å². The summed E-state index contributed by atoms with van der Waals surface area (Å²) in [6.45, 7) is 8.19. The molecule has 0 aliphatic heterocycles. The molecule has 12 rings (SSSR count). The number of fused-ring (bicyclic) bond motifs is 6. The van der Waals surface area contributed by atoms with E-state index in [1.54, 1.807) is 0 Å². The van der Waals surface area contributed by atoms with Crippen LogP contribution in [0.3, 0.4) is 0 Å². The summed E-state index contributed by atoms with van der Waals surface area (Å²) in [6, 6.07) is 61.7. The summed E-state index contributed by atoms with van der Waals surface area (Å²) >= 11 is 0. The smallest absolute Gasteiger partial charge is 0.200 e. The van der Waals surface area contributed by atoms with Gasteiger partial charge in [-0.15, -0.1) is 0 Å². The second-order valence-corrected chi connectivity index (χ2v) is 18.8. The molecule has 0 bridgehead atoms. The summed E-state index contributed by atoms with van der Waals surface area (Å²) in [6.07, 6.45) is 0. The fourth-order valence-electron chi connectivity index (χ4n) is 10.9. The maximum absolute atomic E-state index is 16.4. The first-order valence-electron chi connectivity index (χ1n) is 23.9. The first-order valence-corrected chi connectivity index (χ1v) is 23.9. The number of aryl methyl sites for hydroxylation is 4. The van der Waals surface area contributed by atoms with Crippen LogP contribution in [-0.4, -0.2) is 9.13 Å². The SMILES string of the molecule is Cc1ccccc1-c1ccc2c(c1)c1cc(-c3ccccc3C)ccc1n2-c1cc(-c2c(F)c(F)c(F)c(F)c2F)cc(-n2c3ccc(-c4ccccc4C)cc3c3cc(-c4ccccc4C)ccc32)c1C#N. The van der Waals surface area contributed by atoms with Gasteiger partial charge in [-0.05, 0) is 161 Å². The number of aromatic nitrogens is 2. The standard InChI is InChI=1S/C65H42F5N3/c1-36-13-5-9-17-45(36)40-21-25-54-49(29-40)50-30-41(46-18-10-6-14-37(46)2)22-26-55(50)72(54)58-33-44(60-61(66)63(68)65(70)64(69)62(60)67)34-59(53(58)35-71)73-56-27-23-42(47-19-11-7-15-38(47)3)31-51(56)52-32-43(24-28-57(52)73)48-20-12-8-16-39(48)4/h5-34H,1-4H3. The van der Waals surface area contributed by atoms with Crippen LogP contribution in [-0.2, 0) is 0 Å². The lowest BCUT2D eigenvalue weighted by molar-refractivity contribution is 0.381. The number of nitriles is 1. The first kappa shape index (κ1) is 45.1. The minimum atomic E-state index is -2.26. The Morgan fingerprint density at radius 2 is 0.603 bits per heavy atom. The van der Waals surface area contributed by atoms with Crippen LogP contribution in [0.15, 0.2) is 182 Å². The molecule has 0 fully saturated rings. The Bertz CT molecular complexity index is 3870. The largest absolute Gasteiger partial charge is 0.308 e. The van der Waals surface area contributed by atoms with E-state index in [0.717, 1.165) is 88.3 Å². The molecule has 0 radical (unpaired) electrons. The average molecular weight is 960 g/mol. The average Bonchev–Trinajstić information content (AvgIpc) is 3.91. The van der Waals surface area contributed by atoms with Crippen LogP contribution in [0.2, 0.25) is 0 Å². The molecule has 0 aliphatic rings. The topological polar surface area (TPSA) is 33.6 Å². The highest BCUT2D eigenvalue weighted by Gasteiger charge is 2.30. The fraction of sp³-hybridized carbons (Fsp3) is 0.0615. The van der Waals surface area contributed by atoms with E-state index in [9.17, 15) is 9.65 Å². The van der Waals surface area contributed by atoms with Crippen molar-refractivity contribution in [2.24, 2.45) is 0 Å². The van der Waals surface area contributed by atoms with E-state index >= 15 is 17.6 Å². The highest BCUT2D eigenvalue weighted by molar-refractivity contribution is 6.14. The summed E-state index contributed by atoms with van der Waals surface area (Å²) in [5, 5.41) is 15.0. The van der Waals surface area contributed by atoms with Crippen LogP contribution >= 0.6 is 0 Å². The van der Waals surface area contributed by atoms with Gasteiger partial charge >= 0.3 is 0 Å². The van der Waals surface area contributed by atoms with Crippen LogP contribution in [0.1, 0.15) is 27.8 Å². The van der Waals surface area contributed by atoms with Gasteiger partial charge in [0, 0.05) is 21.5 Å². The van der Waals surface area contributed by atoms with Gasteiger partial charge < -0.3 is 9.13 Å². The van der Waals surface area contributed by atoms with Gasteiger partial charge in [0.15, 0.2) is 23.3 Å². The molecule has 0 spiro atoms. The van der Waals surface area contributed by atoms with Gasteiger partial charge in [-0.3, -0.25) is 0 Å². The highest BCUT2D eigenvalue weighted by Crippen LogP contribution is 2.45. The van der Waals surface area contributed by atoms with E-state index in [0.29, 0.717) is 22.1 Å². The minimum Gasteiger partial charge on any atom is -0.308 e. The summed E-state index contributed by atoms with van der Waals surface area (Å²) in [5.74, 6) is -10.4. The maximum Gasteiger partial charge on any atom is 0.200 e. The predicted octanol–water partition coefficient (Wildman–Crippen LogP) is 18.0. The lowest BCUT2D eigenvalue weighted by Crippen LogP contribution is -2.08. The van der Waals surface area contributed by atoms with E-state index in [1.807, 2.05) is 158 Å². The number of benzene rings is 10. The van der Waals surface area contributed by atoms with Crippen molar-refractivity contribution in [1.29, 1.82) is 5.26 Å². The summed E-state index contributed by atoms with van der Waals surface area (Å²) < 4.78 is 82.2. The van der Waals surface area contributed by atoms with Crippen molar-refractivity contribution in [3.63, 3.8) is 0 Å². The molecular weight excluding hydrogens is 918 g/mol. The van der Waals surface area contributed by atoms with Crippen molar-refractivity contribution < 1.29 is 22.0 Å². The molecule has 0 aliphatic carbocycles. The zero-order chi connectivity index (χ0) is 50.4. The molecule has 2 heterocycles. The first-order chi connectivity index (χ1) is 35.4. The Morgan fingerprint density at radius 3 is 0.877 bits per heavy atom. The Morgan fingerprint density at radius 1 is 0.329 bits per heavy atom. The Balaban J connectivity index is 1.22. The van der Waals surface area contributed by atoms with Gasteiger partial charge in [0.05, 0.1) is 39.0 Å². The molecule has 10 aromatic carbocycles. The van der Waals surface area contributed by atoms with Gasteiger partial charge in [0.2, 0.25) is 5.82 Å². The van der Waals surface area contributed by atoms with Crippen LogP contribution < -0.4 is 0 Å². The quantitative estimate of drug-likeness (QED) is 0.0890. The van der Waals surface area contributed by atoms with Crippen LogP contribution in [0.5, 0.6) is 0 Å². The molecule has 0 atom stereocenters. The van der Waals surface area contributed by atoms with Crippen molar-refractivity contribution in [2.75, 3.05) is 0 Å². The Kier molecular flexibility index (Phi) is 10.7. The number of hydrogen-bond acceptors (Lipinski definition) is 1. The van der Waals surface area contributed by atoms with Crippen molar-refractivity contribution in [2.45, 2.75) is 27.7 Å². The summed E-state index contributed by atoms with van der Waals surface area (Å²) in [4.78, 5) is 0. The molecule has 352 valence electrons. The van der Waals surface area contributed by atoms with Gasteiger partial charge in [-0.25, -0.2) is 22.0 Å². The maximum atomic E-state index is 16.4. The molecule has 0 saturated carbocycles. The molecule has 2 aromatic heterocycles. The third-order valence-electron chi connectivity index (χ3n) is 14.5. The molecule has 12 aromatic rings. The number of nitrogens with zero attached hydrogens (tertiary/aromatic N) is 3. The lowest BCUT2D eigenvalue weighted by atomic mass is 9.97. The van der Waals surface area contributed by atoms with Crippen molar-refractivity contribution in [3.05, 3.63) is 239 Å². The van der Waals surface area contributed by atoms with Crippen molar-refractivity contribution >= 4 is 43.6 Å². The molecule has 3 nitrogen and oxygen atoms in total. The fourth-order valence-corrected chi connectivity index (χ4v) is 10.9. The van der Waals surface area contributed by atoms with Crippen LogP contribution in [0, 0.1) is 68.1 Å². The van der Waals surface area contributed by atoms with Crippen molar-refractivity contribution in [3.8, 4) is 73.1 Å². The van der Waals surface area contributed by atoms with Gasteiger partial charge in [-0.1, -0.05) is 121 Å². The molecular formula is C65H42F5N3. The molecule has 0 unspecified atom stereocenters. The highest BCUT2D eigenvalue weighted by atomic mass is 19.2. The van der Waals surface area contributed by atoms with Crippen LogP contribution in [0.25, 0.3) is 111 Å². The van der Waals surface area contributed by atoms with Gasteiger partial charge in [0.25, 0.3) is 0 Å². The Labute approximate surface area is 417 Å². The normalized spacial score (nSPS) is 11.6. The summed E-state index contributed by atoms with van der Waals surface area (Å²) in [5.41, 5.74) is 13.8. The molecule has 0 amide bonds. The van der Waals surface area contributed by atoms with E-state index < -0.39 is 34.6 Å². The Hall–Kier alpha value is -9.06. The predicted molar refractivity (Wildman–Crippen MR) is 286 cm³/mol. The van der Waals surface area contributed by atoms with Crippen molar-refractivity contribution in [1.82, 2.24) is 9.13 Å². The number of hydrogen-bond donors (Lipinski definition) is 0. The second kappa shape index (κ2) is 17.4. The van der Waals surface area contributed by atoms with E-state index in [2.05, 4.69) is 54.6 Å². The summed E-state index contributed by atoms with van der Waals surface area (Å²) in [7, 11) is 0. The molecule has 73 heavy (non-hydrogen) atoms. The van der Waals surface area contributed by atoms with E-state index in [-0.39, 0.29) is 22.5 Å². The minimum absolute atomic E-state index is 0.0992. The third kappa shape index (κ3) is 7.14. The lowest BCUT2D eigenvalue weighted by Gasteiger charge is -2.19. The molecule has 8 heteroatoms. The van der Waals surface area contributed by atoms with E-state index in [1.165, 1.54) is 12.1 Å². The second-order valence-electron chi connectivity index (χ2n) is 18.8. The molecule has 0 saturated heterocycles. The van der Waals surface area contributed by atoms with E-state index in [4.69, 9.17) is 0 Å². The van der Waals surface area contributed by atoms with Crippen LogP contribution in [0.4, 0.5) is 22.0 Å². The zero-order valence-corrected chi connectivity index (χ0v) is 40.1.